The number of rotatable bonds is 0. The highest BCUT2D eigenvalue weighted by Gasteiger charge is 2.14. The molecule has 1 heteroatoms. The van der Waals surface area contributed by atoms with Crippen molar-refractivity contribution < 1.29 is 5.11 Å². The second-order valence-corrected chi connectivity index (χ2v) is 3.16. The lowest BCUT2D eigenvalue weighted by Crippen LogP contribution is -2.08. The van der Waals surface area contributed by atoms with E-state index in [0.29, 0.717) is 5.76 Å². The van der Waals surface area contributed by atoms with Crippen LogP contribution < -0.4 is 0 Å². The van der Waals surface area contributed by atoms with Crippen molar-refractivity contribution in [3.05, 3.63) is 24.0 Å². The van der Waals surface area contributed by atoms with Gasteiger partial charge in [-0.25, -0.2) is 0 Å². The number of aliphatic hydroxyl groups is 1. The maximum Gasteiger partial charge on any atom is 0.111 e. The lowest BCUT2D eigenvalue weighted by molar-refractivity contribution is 0.400. The van der Waals surface area contributed by atoms with Gasteiger partial charge in [0.15, 0.2) is 0 Å². The lowest BCUT2D eigenvalue weighted by Gasteiger charge is -2.20. The summed E-state index contributed by atoms with van der Waals surface area (Å²) >= 11 is 0. The topological polar surface area (TPSA) is 20.2 Å². The predicted octanol–water partition coefficient (Wildman–Crippen LogP) is 2.41. The van der Waals surface area contributed by atoms with Crippen LogP contribution in [0, 0.1) is 5.41 Å². The summed E-state index contributed by atoms with van der Waals surface area (Å²) in [5.41, 5.74) is 0.242. The average Bonchev–Trinajstić information content (AvgIpc) is 1.78. The van der Waals surface area contributed by atoms with Gasteiger partial charge in [0.1, 0.15) is 5.76 Å². The summed E-state index contributed by atoms with van der Waals surface area (Å²) in [5, 5.41) is 8.92. The first-order chi connectivity index (χ1) is 4.10. The monoisotopic (exact) mass is 124 g/mol. The molecule has 0 aromatic rings. The SMILES string of the molecule is CC1(C)C=CC(O)=CC1. The van der Waals surface area contributed by atoms with E-state index in [4.69, 9.17) is 5.11 Å². The van der Waals surface area contributed by atoms with Crippen LogP contribution in [0.4, 0.5) is 0 Å². The van der Waals surface area contributed by atoms with Crippen LogP contribution in [-0.4, -0.2) is 5.11 Å². The van der Waals surface area contributed by atoms with E-state index in [2.05, 4.69) is 13.8 Å². The molecule has 1 aliphatic carbocycles. The van der Waals surface area contributed by atoms with E-state index in [1.165, 1.54) is 0 Å². The third kappa shape index (κ3) is 1.60. The Labute approximate surface area is 55.7 Å². The Morgan fingerprint density at radius 1 is 1.56 bits per heavy atom. The molecule has 1 nitrogen and oxygen atoms in total. The summed E-state index contributed by atoms with van der Waals surface area (Å²) in [6.07, 6.45) is 6.57. The number of hydrogen-bond donors (Lipinski definition) is 1. The normalized spacial score (nSPS) is 23.6. The Bertz CT molecular complexity index is 163. The Morgan fingerprint density at radius 2 is 2.22 bits per heavy atom. The van der Waals surface area contributed by atoms with Crippen molar-refractivity contribution in [1.82, 2.24) is 0 Å². The fraction of sp³-hybridized carbons (Fsp3) is 0.500. The zero-order chi connectivity index (χ0) is 6.91. The molecule has 0 aromatic carbocycles. The van der Waals surface area contributed by atoms with Gasteiger partial charge in [-0.05, 0) is 24.0 Å². The quantitative estimate of drug-likeness (QED) is 0.525. The maximum atomic E-state index is 8.92. The van der Waals surface area contributed by atoms with Gasteiger partial charge < -0.3 is 5.11 Å². The smallest absolute Gasteiger partial charge is 0.111 e. The van der Waals surface area contributed by atoms with Gasteiger partial charge in [0, 0.05) is 0 Å². The van der Waals surface area contributed by atoms with Crippen molar-refractivity contribution in [3.63, 3.8) is 0 Å². The highest BCUT2D eigenvalue weighted by Crippen LogP contribution is 2.26. The molecule has 0 aromatic heterocycles. The molecule has 1 aliphatic rings. The standard InChI is InChI=1S/C8H12O/c1-8(2)5-3-7(9)4-6-8/h3-5,9H,6H2,1-2H3. The summed E-state index contributed by atoms with van der Waals surface area (Å²) in [6, 6.07) is 0. The molecule has 0 fully saturated rings. The van der Waals surface area contributed by atoms with Gasteiger partial charge in [-0.3, -0.25) is 0 Å². The molecule has 0 amide bonds. The molecule has 9 heavy (non-hydrogen) atoms. The van der Waals surface area contributed by atoms with Crippen LogP contribution in [0.5, 0.6) is 0 Å². The Morgan fingerprint density at radius 3 is 2.56 bits per heavy atom. The molecular formula is C8H12O. The molecule has 1 N–H and O–H groups in total. The van der Waals surface area contributed by atoms with E-state index in [1.807, 2.05) is 12.2 Å². The molecule has 0 aliphatic heterocycles. The van der Waals surface area contributed by atoms with Crippen LogP contribution >= 0.6 is 0 Å². The average molecular weight is 124 g/mol. The predicted molar refractivity (Wildman–Crippen MR) is 38.2 cm³/mol. The highest BCUT2D eigenvalue weighted by molar-refractivity contribution is 5.19. The summed E-state index contributed by atoms with van der Waals surface area (Å²) < 4.78 is 0. The zero-order valence-electron chi connectivity index (χ0n) is 5.89. The molecule has 0 spiro atoms. The summed E-state index contributed by atoms with van der Waals surface area (Å²) in [5.74, 6) is 0.398. The fourth-order valence-corrected chi connectivity index (χ4v) is 0.815. The molecule has 0 saturated heterocycles. The minimum absolute atomic E-state index is 0.242. The molecule has 0 atom stereocenters. The Balaban J connectivity index is 2.70. The number of hydrogen-bond acceptors (Lipinski definition) is 1. The van der Waals surface area contributed by atoms with E-state index in [9.17, 15) is 0 Å². The van der Waals surface area contributed by atoms with Crippen LogP contribution in [-0.2, 0) is 0 Å². The van der Waals surface area contributed by atoms with Crippen molar-refractivity contribution >= 4 is 0 Å². The van der Waals surface area contributed by atoms with Gasteiger partial charge in [0.05, 0.1) is 0 Å². The minimum Gasteiger partial charge on any atom is -0.508 e. The lowest BCUT2D eigenvalue weighted by atomic mass is 9.86. The van der Waals surface area contributed by atoms with Gasteiger partial charge >= 0.3 is 0 Å². The van der Waals surface area contributed by atoms with Crippen molar-refractivity contribution in [3.8, 4) is 0 Å². The first-order valence-corrected chi connectivity index (χ1v) is 3.18. The van der Waals surface area contributed by atoms with E-state index in [1.54, 1.807) is 6.08 Å². The molecule has 0 radical (unpaired) electrons. The maximum absolute atomic E-state index is 8.92. The van der Waals surface area contributed by atoms with Crippen molar-refractivity contribution in [2.75, 3.05) is 0 Å². The number of allylic oxidation sites excluding steroid dienone is 3. The van der Waals surface area contributed by atoms with Gasteiger partial charge in [0.2, 0.25) is 0 Å². The molecule has 0 saturated carbocycles. The summed E-state index contributed by atoms with van der Waals surface area (Å²) in [4.78, 5) is 0. The summed E-state index contributed by atoms with van der Waals surface area (Å²) in [7, 11) is 0. The zero-order valence-corrected chi connectivity index (χ0v) is 5.89. The van der Waals surface area contributed by atoms with E-state index in [0.717, 1.165) is 6.42 Å². The Hall–Kier alpha value is -0.720. The van der Waals surface area contributed by atoms with Gasteiger partial charge in [-0.15, -0.1) is 0 Å². The minimum atomic E-state index is 0.242. The first-order valence-electron chi connectivity index (χ1n) is 3.18. The van der Waals surface area contributed by atoms with Gasteiger partial charge in [0.25, 0.3) is 0 Å². The fourth-order valence-electron chi connectivity index (χ4n) is 0.815. The van der Waals surface area contributed by atoms with Crippen LogP contribution in [0.2, 0.25) is 0 Å². The third-order valence-electron chi connectivity index (χ3n) is 1.54. The van der Waals surface area contributed by atoms with Crippen LogP contribution in [0.25, 0.3) is 0 Å². The second kappa shape index (κ2) is 1.90. The van der Waals surface area contributed by atoms with Gasteiger partial charge in [-0.2, -0.15) is 0 Å². The highest BCUT2D eigenvalue weighted by atomic mass is 16.3. The van der Waals surface area contributed by atoms with Crippen LogP contribution in [0.3, 0.4) is 0 Å². The van der Waals surface area contributed by atoms with E-state index < -0.39 is 0 Å². The molecule has 0 bridgehead atoms. The van der Waals surface area contributed by atoms with Crippen molar-refractivity contribution in [2.45, 2.75) is 20.3 Å². The largest absolute Gasteiger partial charge is 0.508 e. The van der Waals surface area contributed by atoms with Crippen molar-refractivity contribution in [1.29, 1.82) is 0 Å². The van der Waals surface area contributed by atoms with E-state index in [-0.39, 0.29) is 5.41 Å². The van der Waals surface area contributed by atoms with E-state index >= 15 is 0 Å². The number of aliphatic hydroxyl groups excluding tert-OH is 1. The molecule has 0 heterocycles. The Kier molecular flexibility index (Phi) is 1.35. The molecule has 50 valence electrons. The van der Waals surface area contributed by atoms with Crippen LogP contribution in [0.15, 0.2) is 24.0 Å². The first kappa shape index (κ1) is 6.40. The summed E-state index contributed by atoms with van der Waals surface area (Å²) in [6.45, 7) is 4.29. The molecule has 1 rings (SSSR count). The van der Waals surface area contributed by atoms with Crippen LogP contribution in [0.1, 0.15) is 20.3 Å². The molecule has 0 unspecified atom stereocenters. The third-order valence-corrected chi connectivity index (χ3v) is 1.54. The second-order valence-electron chi connectivity index (χ2n) is 3.16. The van der Waals surface area contributed by atoms with Crippen molar-refractivity contribution in [2.24, 2.45) is 5.41 Å². The van der Waals surface area contributed by atoms with Gasteiger partial charge in [-0.1, -0.05) is 19.9 Å². The molecular weight excluding hydrogens is 112 g/mol.